The van der Waals surface area contributed by atoms with Crippen molar-refractivity contribution in [2.45, 2.75) is 31.5 Å². The zero-order valence-electron chi connectivity index (χ0n) is 21.6. The molecule has 9 heteroatoms. The van der Waals surface area contributed by atoms with Crippen molar-refractivity contribution >= 4 is 27.9 Å². The largest absolute Gasteiger partial charge is 0.480 e. The monoisotopic (exact) mass is 542 g/mol. The molecule has 0 saturated carbocycles. The van der Waals surface area contributed by atoms with Crippen LogP contribution >= 0.6 is 0 Å². The SMILES string of the molecule is CCC=Cc1cccc(-c2ccc(CN(Cc3cccc(NCC(=O)O)n3)S(=O)(=O)c3ccccn3)cc2)c1. The summed E-state index contributed by atoms with van der Waals surface area (Å²) in [6, 6.07) is 25.9. The lowest BCUT2D eigenvalue weighted by Gasteiger charge is -2.22. The van der Waals surface area contributed by atoms with Gasteiger partial charge in [-0.25, -0.2) is 18.4 Å². The molecule has 0 amide bonds. The van der Waals surface area contributed by atoms with Crippen LogP contribution in [0.15, 0.2) is 102 Å². The van der Waals surface area contributed by atoms with E-state index in [0.717, 1.165) is 28.7 Å². The number of anilines is 1. The van der Waals surface area contributed by atoms with Crippen molar-refractivity contribution in [1.29, 1.82) is 0 Å². The van der Waals surface area contributed by atoms with Crippen molar-refractivity contribution in [3.8, 4) is 11.1 Å². The van der Waals surface area contributed by atoms with Gasteiger partial charge in [0.2, 0.25) is 0 Å². The van der Waals surface area contributed by atoms with Crippen molar-refractivity contribution in [2.24, 2.45) is 0 Å². The normalized spacial score (nSPS) is 11.6. The first-order valence-electron chi connectivity index (χ1n) is 12.5. The van der Waals surface area contributed by atoms with Gasteiger partial charge in [0.15, 0.2) is 5.03 Å². The van der Waals surface area contributed by atoms with Gasteiger partial charge in [-0.15, -0.1) is 0 Å². The van der Waals surface area contributed by atoms with Crippen LogP contribution in [0.2, 0.25) is 0 Å². The van der Waals surface area contributed by atoms with E-state index in [-0.39, 0.29) is 24.7 Å². The molecule has 0 atom stereocenters. The van der Waals surface area contributed by atoms with Crippen molar-refractivity contribution < 1.29 is 18.3 Å². The summed E-state index contributed by atoms with van der Waals surface area (Å²) in [5.41, 5.74) is 4.51. The molecule has 2 N–H and O–H groups in total. The fourth-order valence-electron chi connectivity index (χ4n) is 3.95. The molecule has 0 spiro atoms. The second-order valence-electron chi connectivity index (χ2n) is 8.84. The van der Waals surface area contributed by atoms with Gasteiger partial charge < -0.3 is 10.4 Å². The number of pyridine rings is 2. The number of aliphatic carboxylic acids is 1. The molecule has 0 aliphatic heterocycles. The van der Waals surface area contributed by atoms with Gasteiger partial charge in [-0.3, -0.25) is 4.79 Å². The lowest BCUT2D eigenvalue weighted by Crippen LogP contribution is -2.31. The molecule has 4 rings (SSSR count). The van der Waals surface area contributed by atoms with Crippen LogP contribution in [0.5, 0.6) is 0 Å². The first-order valence-corrected chi connectivity index (χ1v) is 14.0. The smallest absolute Gasteiger partial charge is 0.322 e. The van der Waals surface area contributed by atoms with E-state index in [9.17, 15) is 13.2 Å². The van der Waals surface area contributed by atoms with Crippen LogP contribution in [0.3, 0.4) is 0 Å². The Hall–Kier alpha value is -4.34. The first-order chi connectivity index (χ1) is 18.8. The lowest BCUT2D eigenvalue weighted by atomic mass is 10.0. The number of carbonyl (C=O) groups is 1. The molecule has 0 unspecified atom stereocenters. The molecule has 0 aliphatic rings. The maximum absolute atomic E-state index is 13.6. The summed E-state index contributed by atoms with van der Waals surface area (Å²) >= 11 is 0. The Morgan fingerprint density at radius 2 is 1.74 bits per heavy atom. The first kappa shape index (κ1) is 27.7. The van der Waals surface area contributed by atoms with Crippen LogP contribution in [-0.4, -0.2) is 40.3 Å². The number of carboxylic acids is 1. The minimum Gasteiger partial charge on any atom is -0.480 e. The fraction of sp³-hybridized carbons (Fsp3) is 0.167. The highest BCUT2D eigenvalue weighted by Crippen LogP contribution is 2.24. The number of nitrogens with one attached hydrogen (secondary N) is 1. The van der Waals surface area contributed by atoms with Gasteiger partial charge in [-0.2, -0.15) is 4.31 Å². The Balaban J connectivity index is 1.60. The van der Waals surface area contributed by atoms with Crippen LogP contribution < -0.4 is 5.32 Å². The van der Waals surface area contributed by atoms with E-state index < -0.39 is 16.0 Å². The molecular formula is C30H30N4O4S. The number of hydrogen-bond donors (Lipinski definition) is 2. The summed E-state index contributed by atoms with van der Waals surface area (Å²) in [7, 11) is -3.95. The molecule has 0 saturated heterocycles. The third-order valence-corrected chi connectivity index (χ3v) is 7.59. The Bertz CT molecular complexity index is 1540. The molecule has 200 valence electrons. The molecular weight excluding hydrogens is 512 g/mol. The standard InChI is InChI=1S/C30H30N4O4S/c1-2-3-8-23-9-6-10-26(19-23)25-16-14-24(15-17-25)21-34(39(37,38)29-13-4-5-18-31-29)22-27-11-7-12-28(33-27)32-20-30(35)36/h3-19H,2,20-22H2,1H3,(H,32,33)(H,35,36). The van der Waals surface area contributed by atoms with Gasteiger partial charge >= 0.3 is 5.97 Å². The fourth-order valence-corrected chi connectivity index (χ4v) is 5.28. The molecule has 4 aromatic rings. The van der Waals surface area contributed by atoms with E-state index >= 15 is 0 Å². The van der Waals surface area contributed by atoms with Gasteiger partial charge in [-0.1, -0.05) is 73.7 Å². The van der Waals surface area contributed by atoms with Gasteiger partial charge in [0.1, 0.15) is 12.4 Å². The number of allylic oxidation sites excluding steroid dienone is 1. The number of benzene rings is 2. The average Bonchev–Trinajstić information content (AvgIpc) is 2.96. The van der Waals surface area contributed by atoms with E-state index in [2.05, 4.69) is 46.5 Å². The van der Waals surface area contributed by atoms with Crippen LogP contribution in [0.1, 0.15) is 30.2 Å². The summed E-state index contributed by atoms with van der Waals surface area (Å²) in [5, 5.41) is 11.6. The Labute approximate surface area is 228 Å². The van der Waals surface area contributed by atoms with Crippen molar-refractivity contribution in [3.05, 3.63) is 114 Å². The summed E-state index contributed by atoms with van der Waals surface area (Å²) in [6.45, 7) is 1.89. The van der Waals surface area contributed by atoms with E-state index in [1.807, 2.05) is 36.4 Å². The van der Waals surface area contributed by atoms with Crippen LogP contribution in [0.25, 0.3) is 17.2 Å². The highest BCUT2D eigenvalue weighted by molar-refractivity contribution is 7.89. The summed E-state index contributed by atoms with van der Waals surface area (Å²) in [4.78, 5) is 19.4. The maximum Gasteiger partial charge on any atom is 0.322 e. The summed E-state index contributed by atoms with van der Waals surface area (Å²) in [5.74, 6) is -0.667. The minimum absolute atomic E-state index is 0.0188. The number of sulfonamides is 1. The third-order valence-electron chi connectivity index (χ3n) is 5.89. The maximum atomic E-state index is 13.6. The molecule has 0 bridgehead atoms. The predicted octanol–water partition coefficient (Wildman–Crippen LogP) is 5.45. The van der Waals surface area contributed by atoms with Crippen molar-refractivity contribution in [1.82, 2.24) is 14.3 Å². The molecule has 39 heavy (non-hydrogen) atoms. The van der Waals surface area contributed by atoms with E-state index in [0.29, 0.717) is 11.5 Å². The van der Waals surface area contributed by atoms with E-state index in [1.165, 1.54) is 16.6 Å². The second-order valence-corrected chi connectivity index (χ2v) is 10.7. The average molecular weight is 543 g/mol. The molecule has 8 nitrogen and oxygen atoms in total. The molecule has 0 aliphatic carbocycles. The Morgan fingerprint density at radius 3 is 2.46 bits per heavy atom. The topological polar surface area (TPSA) is 112 Å². The van der Waals surface area contributed by atoms with Gasteiger partial charge in [0.05, 0.1) is 12.2 Å². The van der Waals surface area contributed by atoms with Crippen LogP contribution in [0, 0.1) is 0 Å². The van der Waals surface area contributed by atoms with Crippen molar-refractivity contribution in [3.63, 3.8) is 0 Å². The van der Waals surface area contributed by atoms with E-state index in [4.69, 9.17) is 5.11 Å². The highest BCUT2D eigenvalue weighted by Gasteiger charge is 2.26. The summed E-state index contributed by atoms with van der Waals surface area (Å²) in [6.07, 6.45) is 6.62. The minimum atomic E-state index is -3.95. The van der Waals surface area contributed by atoms with Crippen molar-refractivity contribution in [2.75, 3.05) is 11.9 Å². The molecule has 0 radical (unpaired) electrons. The van der Waals surface area contributed by atoms with Crippen LogP contribution in [-0.2, 0) is 27.9 Å². The van der Waals surface area contributed by atoms with Gasteiger partial charge in [0.25, 0.3) is 10.0 Å². The molecule has 2 aromatic heterocycles. The number of hydrogen-bond acceptors (Lipinski definition) is 6. The zero-order valence-corrected chi connectivity index (χ0v) is 22.4. The van der Waals surface area contributed by atoms with Gasteiger partial charge in [0, 0.05) is 12.7 Å². The number of nitrogens with zero attached hydrogens (tertiary/aromatic N) is 3. The zero-order chi connectivity index (χ0) is 27.7. The highest BCUT2D eigenvalue weighted by atomic mass is 32.2. The lowest BCUT2D eigenvalue weighted by molar-refractivity contribution is -0.134. The molecule has 2 heterocycles. The Kier molecular flexibility index (Phi) is 9.19. The Morgan fingerprint density at radius 1 is 0.949 bits per heavy atom. The van der Waals surface area contributed by atoms with Gasteiger partial charge in [-0.05, 0) is 59.0 Å². The number of carboxylic acid groups (broad SMARTS) is 1. The third kappa shape index (κ3) is 7.59. The van der Waals surface area contributed by atoms with Crippen LogP contribution in [0.4, 0.5) is 5.82 Å². The second kappa shape index (κ2) is 12.9. The quantitative estimate of drug-likeness (QED) is 0.245. The predicted molar refractivity (Wildman–Crippen MR) is 152 cm³/mol. The van der Waals surface area contributed by atoms with E-state index in [1.54, 1.807) is 30.3 Å². The molecule has 2 aromatic carbocycles. The number of rotatable bonds is 12. The number of aromatic nitrogens is 2. The molecule has 0 fully saturated rings. The summed E-state index contributed by atoms with van der Waals surface area (Å²) < 4.78 is 28.5.